The van der Waals surface area contributed by atoms with Crippen molar-refractivity contribution in [3.8, 4) is 5.88 Å². The van der Waals surface area contributed by atoms with Crippen molar-refractivity contribution in [1.29, 1.82) is 0 Å². The minimum atomic E-state index is -3.60. The number of anilines is 2. The maximum atomic E-state index is 13.4. The molecule has 0 radical (unpaired) electrons. The van der Waals surface area contributed by atoms with Gasteiger partial charge in [-0.2, -0.15) is 14.3 Å². The van der Waals surface area contributed by atoms with Crippen LogP contribution in [0.15, 0.2) is 35.5 Å². The van der Waals surface area contributed by atoms with Crippen LogP contribution in [0.1, 0.15) is 38.5 Å². The van der Waals surface area contributed by atoms with E-state index in [1.54, 1.807) is 35.8 Å². The van der Waals surface area contributed by atoms with E-state index in [0.717, 1.165) is 19.3 Å². The molecule has 13 heteroatoms. The van der Waals surface area contributed by atoms with Gasteiger partial charge in [-0.1, -0.05) is 6.42 Å². The zero-order valence-electron chi connectivity index (χ0n) is 19.6. The molecule has 35 heavy (non-hydrogen) atoms. The van der Waals surface area contributed by atoms with Crippen LogP contribution >= 0.6 is 0 Å². The second kappa shape index (κ2) is 10.2. The zero-order valence-corrected chi connectivity index (χ0v) is 20.4. The van der Waals surface area contributed by atoms with Crippen molar-refractivity contribution in [3.63, 3.8) is 0 Å². The average molecular weight is 505 g/mol. The predicted molar refractivity (Wildman–Crippen MR) is 129 cm³/mol. The normalized spacial score (nSPS) is 29.0. The van der Waals surface area contributed by atoms with Gasteiger partial charge in [-0.25, -0.2) is 13.8 Å². The third kappa shape index (κ3) is 5.19. The number of nitrogens with one attached hydrogen (secondary N) is 4. The molecule has 190 valence electrons. The topological polar surface area (TPSA) is 154 Å². The molecule has 0 aliphatic carbocycles. The Labute approximate surface area is 204 Å². The monoisotopic (exact) mass is 504 g/mol. The van der Waals surface area contributed by atoms with Gasteiger partial charge in [0.05, 0.1) is 19.9 Å². The number of fused-ring (bicyclic) bond motifs is 2. The summed E-state index contributed by atoms with van der Waals surface area (Å²) in [6.07, 6.45) is 7.61. The first-order valence-electron chi connectivity index (χ1n) is 12.0. The molecule has 2 bridgehead atoms. The van der Waals surface area contributed by atoms with Crippen molar-refractivity contribution >= 4 is 21.8 Å². The number of aliphatic hydroxyl groups excluding tert-OH is 1. The summed E-state index contributed by atoms with van der Waals surface area (Å²) >= 11 is 0. The van der Waals surface area contributed by atoms with Gasteiger partial charge in [-0.15, -0.1) is 0 Å². The molecule has 5 atom stereocenters. The van der Waals surface area contributed by atoms with Gasteiger partial charge in [-0.05, 0) is 37.8 Å². The second-order valence-corrected chi connectivity index (χ2v) is 11.1. The molecule has 3 fully saturated rings. The summed E-state index contributed by atoms with van der Waals surface area (Å²) in [7, 11) is -2.05. The highest BCUT2D eigenvalue weighted by atomic mass is 32.2. The summed E-state index contributed by atoms with van der Waals surface area (Å²) in [5.74, 6) is 1.45. The second-order valence-electron chi connectivity index (χ2n) is 9.29. The van der Waals surface area contributed by atoms with Gasteiger partial charge in [0.25, 0.3) is 0 Å². The molecule has 5 N–H and O–H groups in total. The van der Waals surface area contributed by atoms with Gasteiger partial charge >= 0.3 is 0 Å². The van der Waals surface area contributed by atoms with Crippen LogP contribution in [0.5, 0.6) is 5.88 Å². The van der Waals surface area contributed by atoms with Crippen LogP contribution in [0.4, 0.5) is 11.8 Å². The molecule has 5 heterocycles. The number of methoxy groups -OCH3 is 1. The summed E-state index contributed by atoms with van der Waals surface area (Å²) in [5.41, 5.74) is 6.12. The van der Waals surface area contributed by atoms with Gasteiger partial charge in [-0.3, -0.25) is 10.4 Å². The molecular weight excluding hydrogens is 472 g/mol. The molecular formula is C22H32N8O4S. The molecule has 3 aliphatic rings. The minimum absolute atomic E-state index is 0.0265. The Morgan fingerprint density at radius 2 is 1.97 bits per heavy atom. The van der Waals surface area contributed by atoms with Crippen molar-refractivity contribution in [2.75, 3.05) is 24.4 Å². The van der Waals surface area contributed by atoms with Crippen LogP contribution in [0.3, 0.4) is 0 Å². The Hall–Kier alpha value is -2.58. The fraction of sp³-hybridized carbons (Fsp3) is 0.591. The lowest BCUT2D eigenvalue weighted by Gasteiger charge is -2.47. The van der Waals surface area contributed by atoms with Crippen LogP contribution in [0.25, 0.3) is 0 Å². The molecule has 12 nitrogen and oxygen atoms in total. The molecule has 0 aromatic carbocycles. The third-order valence-corrected chi connectivity index (χ3v) is 8.88. The molecule has 3 aliphatic heterocycles. The van der Waals surface area contributed by atoms with E-state index in [2.05, 4.69) is 36.4 Å². The van der Waals surface area contributed by atoms with Gasteiger partial charge in [0.15, 0.2) is 0 Å². The smallest absolute Gasteiger partial charge is 0.245 e. The number of nitrogens with zero attached hydrogens (tertiary/aromatic N) is 4. The maximum Gasteiger partial charge on any atom is 0.245 e. The number of pyridine rings is 1. The average Bonchev–Trinajstić information content (AvgIpc) is 3.31. The number of piperidine rings is 2. The highest BCUT2D eigenvalue weighted by Gasteiger charge is 2.45. The van der Waals surface area contributed by atoms with E-state index >= 15 is 0 Å². The van der Waals surface area contributed by atoms with E-state index < -0.39 is 10.0 Å². The van der Waals surface area contributed by atoms with E-state index in [9.17, 15) is 13.5 Å². The number of sulfonamides is 1. The van der Waals surface area contributed by atoms with E-state index in [0.29, 0.717) is 36.9 Å². The van der Waals surface area contributed by atoms with Crippen molar-refractivity contribution in [1.82, 2.24) is 30.1 Å². The Bertz CT molecular complexity index is 1110. The van der Waals surface area contributed by atoms with Crippen molar-refractivity contribution in [3.05, 3.63) is 30.6 Å². The number of ether oxygens (including phenoxy) is 1. The van der Waals surface area contributed by atoms with Crippen molar-refractivity contribution in [2.24, 2.45) is 0 Å². The highest BCUT2D eigenvalue weighted by Crippen LogP contribution is 2.39. The fourth-order valence-electron chi connectivity index (χ4n) is 5.34. The Morgan fingerprint density at radius 1 is 1.17 bits per heavy atom. The number of hydrogen-bond acceptors (Lipinski definition) is 11. The summed E-state index contributed by atoms with van der Waals surface area (Å²) in [4.78, 5) is 13.3. The zero-order chi connectivity index (χ0) is 24.4. The first-order valence-corrected chi connectivity index (χ1v) is 13.4. The lowest BCUT2D eigenvalue weighted by molar-refractivity contribution is 0.115. The van der Waals surface area contributed by atoms with Crippen molar-refractivity contribution < 1.29 is 18.3 Å². The summed E-state index contributed by atoms with van der Waals surface area (Å²) < 4.78 is 33.9. The minimum Gasteiger partial charge on any atom is -0.481 e. The molecule has 3 unspecified atom stereocenters. The van der Waals surface area contributed by atoms with E-state index in [4.69, 9.17) is 4.74 Å². The van der Waals surface area contributed by atoms with Crippen LogP contribution in [0, 0.1) is 0 Å². The summed E-state index contributed by atoms with van der Waals surface area (Å²) in [6.45, 7) is 0.0443. The number of hydrazine groups is 1. The molecule has 0 amide bonds. The first-order chi connectivity index (χ1) is 17.0. The van der Waals surface area contributed by atoms with E-state index in [-0.39, 0.29) is 41.8 Å². The van der Waals surface area contributed by atoms with E-state index in [1.165, 1.54) is 6.20 Å². The van der Waals surface area contributed by atoms with Crippen LogP contribution in [-0.2, 0) is 10.0 Å². The molecule has 2 aromatic rings. The lowest BCUT2D eigenvalue weighted by Crippen LogP contribution is -2.57. The number of hydrogen-bond donors (Lipinski definition) is 5. The number of aromatic nitrogens is 3. The Kier molecular flexibility index (Phi) is 7.02. The SMILES string of the molecule is COc1cc(NC2CC(CO)NN2)nc(NC2C[C@H]3CCC[C@@H](C2)N3S(=O)(=O)c2cccnc2)n1. The lowest BCUT2D eigenvalue weighted by atomic mass is 9.84. The summed E-state index contributed by atoms with van der Waals surface area (Å²) in [5, 5.41) is 16.1. The highest BCUT2D eigenvalue weighted by molar-refractivity contribution is 7.89. The quantitative estimate of drug-likeness (QED) is 0.344. The van der Waals surface area contributed by atoms with Crippen molar-refractivity contribution in [2.45, 2.75) is 73.8 Å². The van der Waals surface area contributed by atoms with Gasteiger partial charge in [0, 0.05) is 49.0 Å². The van der Waals surface area contributed by atoms with Gasteiger partial charge in [0.2, 0.25) is 21.9 Å². The summed E-state index contributed by atoms with van der Waals surface area (Å²) in [6, 6.07) is 4.83. The molecule has 5 rings (SSSR count). The molecule has 3 saturated heterocycles. The third-order valence-electron chi connectivity index (χ3n) is 6.89. The first kappa shape index (κ1) is 24.1. The Balaban J connectivity index is 1.30. The van der Waals surface area contributed by atoms with E-state index in [1.807, 2.05) is 0 Å². The molecule has 2 aromatic heterocycles. The standard InChI is InChI=1S/C22H32N8O4S/c1-34-21-11-19(25-20-10-15(13-31)28-29-20)26-22(27-21)24-14-8-16-4-2-5-17(9-14)30(16)35(32,33)18-6-3-7-23-12-18/h3,6-7,11-12,14-17,20,28-29,31H,2,4-5,8-10,13H2,1H3,(H2,24,25,26,27)/t14?,15?,16-,17+,20?. The maximum absolute atomic E-state index is 13.4. The van der Waals surface area contributed by atoms with Crippen LogP contribution in [0.2, 0.25) is 0 Å². The molecule has 0 spiro atoms. The van der Waals surface area contributed by atoms with Crippen LogP contribution in [-0.4, -0.2) is 76.8 Å². The van der Waals surface area contributed by atoms with Gasteiger partial charge in [0.1, 0.15) is 10.7 Å². The number of rotatable bonds is 8. The number of aliphatic hydroxyl groups is 1. The van der Waals surface area contributed by atoms with Crippen LogP contribution < -0.4 is 26.2 Å². The predicted octanol–water partition coefficient (Wildman–Crippen LogP) is 0.663. The fourth-order valence-corrected chi connectivity index (χ4v) is 7.19. The largest absolute Gasteiger partial charge is 0.481 e. The Morgan fingerprint density at radius 3 is 2.63 bits per heavy atom. The molecule has 0 saturated carbocycles. The van der Waals surface area contributed by atoms with Gasteiger partial charge < -0.3 is 20.5 Å².